The van der Waals surface area contributed by atoms with E-state index in [2.05, 4.69) is 25.2 Å². The van der Waals surface area contributed by atoms with Gasteiger partial charge in [0.2, 0.25) is 10.0 Å². The lowest BCUT2D eigenvalue weighted by Gasteiger charge is -2.13. The first-order valence-electron chi connectivity index (χ1n) is 6.50. The Morgan fingerprint density at radius 2 is 2.14 bits per heavy atom. The summed E-state index contributed by atoms with van der Waals surface area (Å²) in [6.45, 7) is 4.37. The first-order chi connectivity index (χ1) is 9.94. The van der Waals surface area contributed by atoms with E-state index in [0.29, 0.717) is 11.6 Å². The first-order valence-corrected chi connectivity index (χ1v) is 7.98. The molecule has 2 heterocycles. The topological polar surface area (TPSA) is 102 Å². The molecule has 2 aromatic rings. The van der Waals surface area contributed by atoms with Gasteiger partial charge in [-0.3, -0.25) is 0 Å². The molecule has 0 saturated heterocycles. The highest BCUT2D eigenvalue weighted by Gasteiger charge is 2.21. The Balaban J connectivity index is 2.16. The van der Waals surface area contributed by atoms with Crippen molar-refractivity contribution in [1.29, 1.82) is 0 Å². The summed E-state index contributed by atoms with van der Waals surface area (Å²) in [5, 5.41) is 10.6. The molecule has 0 radical (unpaired) electrons. The number of sulfonamides is 1. The number of pyridine rings is 1. The summed E-state index contributed by atoms with van der Waals surface area (Å²) in [4.78, 5) is 4.17. The van der Waals surface area contributed by atoms with Gasteiger partial charge in [-0.05, 0) is 26.0 Å². The van der Waals surface area contributed by atoms with Gasteiger partial charge in [-0.2, -0.15) is 0 Å². The van der Waals surface area contributed by atoms with Crippen LogP contribution in [0.1, 0.15) is 25.7 Å². The highest BCUT2D eigenvalue weighted by atomic mass is 32.2. The quantitative estimate of drug-likeness (QED) is 0.813. The van der Waals surface area contributed by atoms with E-state index in [9.17, 15) is 8.42 Å². The zero-order valence-electron chi connectivity index (χ0n) is 12.1. The molecule has 9 heteroatoms. The third-order valence-electron chi connectivity index (χ3n) is 2.87. The molecule has 21 heavy (non-hydrogen) atoms. The predicted octanol–water partition coefficient (Wildman–Crippen LogP) is 0.681. The second-order valence-corrected chi connectivity index (χ2v) is 6.27. The molecule has 0 fully saturated rings. The summed E-state index contributed by atoms with van der Waals surface area (Å²) < 4.78 is 28.8. The van der Waals surface area contributed by atoms with Gasteiger partial charge in [-0.15, -0.1) is 10.2 Å². The van der Waals surface area contributed by atoms with Crippen LogP contribution in [-0.2, 0) is 17.1 Å². The van der Waals surface area contributed by atoms with Crippen molar-refractivity contribution in [3.63, 3.8) is 0 Å². The van der Waals surface area contributed by atoms with Gasteiger partial charge in [0.25, 0.3) is 0 Å². The van der Waals surface area contributed by atoms with Crippen LogP contribution in [0.4, 0.5) is 5.82 Å². The van der Waals surface area contributed by atoms with E-state index in [0.717, 1.165) is 6.54 Å². The van der Waals surface area contributed by atoms with Crippen molar-refractivity contribution in [1.82, 2.24) is 24.5 Å². The summed E-state index contributed by atoms with van der Waals surface area (Å²) in [6, 6.07) is 2.65. The lowest BCUT2D eigenvalue weighted by Crippen LogP contribution is -2.28. The van der Waals surface area contributed by atoms with Gasteiger partial charge in [0.05, 0.1) is 6.04 Å². The Morgan fingerprint density at radius 3 is 2.67 bits per heavy atom. The maximum absolute atomic E-state index is 12.3. The van der Waals surface area contributed by atoms with Crippen molar-refractivity contribution in [2.24, 2.45) is 7.05 Å². The van der Waals surface area contributed by atoms with Gasteiger partial charge in [0.1, 0.15) is 22.9 Å². The molecule has 8 nitrogen and oxygen atoms in total. The molecule has 0 aromatic carbocycles. The highest BCUT2D eigenvalue weighted by Crippen LogP contribution is 2.15. The van der Waals surface area contributed by atoms with E-state index >= 15 is 0 Å². The molecule has 0 spiro atoms. The van der Waals surface area contributed by atoms with E-state index in [4.69, 9.17) is 0 Å². The maximum atomic E-state index is 12.3. The molecular formula is C12H18N6O2S. The zero-order valence-corrected chi connectivity index (χ0v) is 12.9. The summed E-state index contributed by atoms with van der Waals surface area (Å²) >= 11 is 0. The molecule has 1 unspecified atom stereocenters. The normalized spacial score (nSPS) is 13.1. The Labute approximate surface area is 123 Å². The minimum Gasteiger partial charge on any atom is -0.370 e. The number of aromatic nitrogens is 4. The number of hydrogen-bond acceptors (Lipinski definition) is 6. The number of rotatable bonds is 6. The van der Waals surface area contributed by atoms with Crippen molar-refractivity contribution in [2.75, 3.05) is 11.9 Å². The van der Waals surface area contributed by atoms with Crippen LogP contribution in [0.5, 0.6) is 0 Å². The van der Waals surface area contributed by atoms with Crippen LogP contribution >= 0.6 is 0 Å². The van der Waals surface area contributed by atoms with Gasteiger partial charge in [0.15, 0.2) is 0 Å². The first kappa shape index (κ1) is 15.4. The standard InChI is InChI=1S/C12H18N6O2S/c1-4-13-11-6-5-10(7-14-11)21(19,20)17-9(2)12-16-15-8-18(12)3/h5-9,17H,4H2,1-3H3,(H,13,14). The lowest BCUT2D eigenvalue weighted by molar-refractivity contribution is 0.553. The molecule has 0 saturated carbocycles. The van der Waals surface area contributed by atoms with E-state index in [1.807, 2.05) is 6.92 Å². The van der Waals surface area contributed by atoms with Gasteiger partial charge in [-0.25, -0.2) is 18.1 Å². The van der Waals surface area contributed by atoms with Crippen molar-refractivity contribution < 1.29 is 8.42 Å². The molecule has 0 aliphatic carbocycles. The smallest absolute Gasteiger partial charge is 0.242 e. The Kier molecular flexibility index (Phi) is 4.53. The third-order valence-corrected chi connectivity index (χ3v) is 4.40. The fourth-order valence-electron chi connectivity index (χ4n) is 1.86. The van der Waals surface area contributed by atoms with Gasteiger partial charge in [-0.1, -0.05) is 0 Å². The summed E-state index contributed by atoms with van der Waals surface area (Å²) in [5.41, 5.74) is 0. The monoisotopic (exact) mass is 310 g/mol. The average molecular weight is 310 g/mol. The molecule has 2 aromatic heterocycles. The second kappa shape index (κ2) is 6.19. The van der Waals surface area contributed by atoms with Crippen LogP contribution < -0.4 is 10.0 Å². The van der Waals surface area contributed by atoms with Crippen molar-refractivity contribution in [3.8, 4) is 0 Å². The molecule has 1 atom stereocenters. The maximum Gasteiger partial charge on any atom is 0.242 e. The number of nitrogens with zero attached hydrogens (tertiary/aromatic N) is 4. The van der Waals surface area contributed by atoms with Crippen LogP contribution in [0.3, 0.4) is 0 Å². The molecular weight excluding hydrogens is 292 g/mol. The van der Waals surface area contributed by atoms with Crippen LogP contribution in [0.2, 0.25) is 0 Å². The Hall–Kier alpha value is -2.00. The van der Waals surface area contributed by atoms with Crippen molar-refractivity contribution in [2.45, 2.75) is 24.8 Å². The molecule has 0 amide bonds. The molecule has 2 N–H and O–H groups in total. The lowest BCUT2D eigenvalue weighted by atomic mass is 10.3. The molecule has 0 bridgehead atoms. The minimum absolute atomic E-state index is 0.109. The van der Waals surface area contributed by atoms with E-state index in [1.165, 1.54) is 18.6 Å². The van der Waals surface area contributed by atoms with Gasteiger partial charge >= 0.3 is 0 Å². The molecule has 0 aliphatic rings. The predicted molar refractivity (Wildman–Crippen MR) is 78.1 cm³/mol. The number of hydrogen-bond donors (Lipinski definition) is 2. The van der Waals surface area contributed by atoms with Gasteiger partial charge in [0, 0.05) is 19.8 Å². The Morgan fingerprint density at radius 1 is 1.38 bits per heavy atom. The fraction of sp³-hybridized carbons (Fsp3) is 0.417. The average Bonchev–Trinajstić information content (AvgIpc) is 2.85. The van der Waals surface area contributed by atoms with E-state index in [-0.39, 0.29) is 4.90 Å². The summed E-state index contributed by atoms with van der Waals surface area (Å²) in [7, 11) is -1.90. The Bertz CT molecular complexity index is 695. The highest BCUT2D eigenvalue weighted by molar-refractivity contribution is 7.89. The SMILES string of the molecule is CCNc1ccc(S(=O)(=O)NC(C)c2nncn2C)cn1. The molecule has 0 aliphatic heterocycles. The largest absolute Gasteiger partial charge is 0.370 e. The van der Waals surface area contributed by atoms with E-state index < -0.39 is 16.1 Å². The van der Waals surface area contributed by atoms with Crippen LogP contribution in [-0.4, -0.2) is 34.7 Å². The van der Waals surface area contributed by atoms with Crippen molar-refractivity contribution in [3.05, 3.63) is 30.5 Å². The van der Waals surface area contributed by atoms with Crippen LogP contribution in [0.25, 0.3) is 0 Å². The van der Waals surface area contributed by atoms with Crippen LogP contribution in [0, 0.1) is 0 Å². The second-order valence-electron chi connectivity index (χ2n) is 4.55. The molecule has 114 valence electrons. The molecule has 2 rings (SSSR count). The minimum atomic E-state index is -3.66. The number of anilines is 1. The zero-order chi connectivity index (χ0) is 15.5. The third kappa shape index (κ3) is 3.56. The fourth-order valence-corrected chi connectivity index (χ4v) is 3.01. The van der Waals surface area contributed by atoms with E-state index in [1.54, 1.807) is 24.6 Å². The number of aryl methyl sites for hydroxylation is 1. The van der Waals surface area contributed by atoms with Gasteiger partial charge < -0.3 is 9.88 Å². The van der Waals surface area contributed by atoms with Crippen molar-refractivity contribution >= 4 is 15.8 Å². The summed E-state index contributed by atoms with van der Waals surface area (Å²) in [6.07, 6.45) is 2.84. The number of nitrogens with one attached hydrogen (secondary N) is 2. The van der Waals surface area contributed by atoms with Crippen LogP contribution in [0.15, 0.2) is 29.6 Å². The summed E-state index contributed by atoms with van der Waals surface area (Å²) in [5.74, 6) is 1.17.